The lowest BCUT2D eigenvalue weighted by atomic mass is 9.95. The van der Waals surface area contributed by atoms with Crippen molar-refractivity contribution in [3.05, 3.63) is 47.4 Å². The molecular formula is C27H34N6O2. The predicted molar refractivity (Wildman–Crippen MR) is 135 cm³/mol. The average Bonchev–Trinajstić information content (AvgIpc) is 3.69. The maximum atomic E-state index is 13.8. The zero-order valence-electron chi connectivity index (χ0n) is 20.7. The van der Waals surface area contributed by atoms with Crippen LogP contribution >= 0.6 is 0 Å². The number of hydrogen-bond acceptors (Lipinski definition) is 5. The van der Waals surface area contributed by atoms with E-state index in [-0.39, 0.29) is 17.7 Å². The Morgan fingerprint density at radius 3 is 2.60 bits per heavy atom. The summed E-state index contributed by atoms with van der Waals surface area (Å²) in [6, 6.07) is 7.67. The van der Waals surface area contributed by atoms with Gasteiger partial charge in [-0.05, 0) is 57.2 Å². The highest BCUT2D eigenvalue weighted by molar-refractivity contribution is 6.07. The molecule has 0 spiro atoms. The van der Waals surface area contributed by atoms with Gasteiger partial charge < -0.3 is 10.2 Å². The van der Waals surface area contributed by atoms with Crippen molar-refractivity contribution in [1.29, 1.82) is 0 Å². The van der Waals surface area contributed by atoms with E-state index in [4.69, 9.17) is 10.1 Å². The van der Waals surface area contributed by atoms with Crippen molar-refractivity contribution in [3.8, 4) is 5.82 Å². The highest BCUT2D eigenvalue weighted by atomic mass is 16.2. The molecule has 184 valence electrons. The average molecular weight is 475 g/mol. The number of fused-ring (bicyclic) bond motifs is 1. The number of rotatable bonds is 8. The molecule has 5 rings (SSSR count). The second-order valence-corrected chi connectivity index (χ2v) is 9.82. The van der Waals surface area contributed by atoms with Gasteiger partial charge in [0.2, 0.25) is 5.91 Å². The van der Waals surface area contributed by atoms with Crippen LogP contribution in [0, 0.1) is 12.8 Å². The van der Waals surface area contributed by atoms with E-state index in [2.05, 4.69) is 17.2 Å². The van der Waals surface area contributed by atoms with E-state index in [1.54, 1.807) is 10.9 Å². The van der Waals surface area contributed by atoms with Crippen LogP contribution in [0.5, 0.6) is 0 Å². The summed E-state index contributed by atoms with van der Waals surface area (Å²) in [6.07, 6.45) is 8.62. The van der Waals surface area contributed by atoms with Crippen LogP contribution in [0.4, 0.5) is 0 Å². The van der Waals surface area contributed by atoms with E-state index in [0.29, 0.717) is 48.9 Å². The van der Waals surface area contributed by atoms with Crippen LogP contribution in [-0.2, 0) is 4.79 Å². The SMILES string of the molecule is CCCCCNC(=O)C1CCN(C(=O)c2cc(C3CC3)nc3c2c(C)nn3-c2ccccn2)CC1. The van der Waals surface area contributed by atoms with Crippen molar-refractivity contribution in [2.45, 2.75) is 64.7 Å². The third kappa shape index (κ3) is 4.92. The largest absolute Gasteiger partial charge is 0.356 e. The topological polar surface area (TPSA) is 93.0 Å². The number of nitrogens with zero attached hydrogens (tertiary/aromatic N) is 5. The van der Waals surface area contributed by atoms with Crippen molar-refractivity contribution in [2.24, 2.45) is 5.92 Å². The van der Waals surface area contributed by atoms with E-state index in [1.165, 1.54) is 0 Å². The Bertz CT molecular complexity index is 1210. The molecule has 0 radical (unpaired) electrons. The lowest BCUT2D eigenvalue weighted by molar-refractivity contribution is -0.126. The van der Waals surface area contributed by atoms with Crippen LogP contribution in [-0.4, -0.2) is 56.1 Å². The van der Waals surface area contributed by atoms with E-state index in [1.807, 2.05) is 36.1 Å². The second-order valence-electron chi connectivity index (χ2n) is 9.82. The van der Waals surface area contributed by atoms with Crippen LogP contribution in [0.15, 0.2) is 30.5 Å². The molecular weight excluding hydrogens is 440 g/mol. The van der Waals surface area contributed by atoms with Crippen molar-refractivity contribution in [1.82, 2.24) is 30.0 Å². The van der Waals surface area contributed by atoms with Gasteiger partial charge in [-0.15, -0.1) is 0 Å². The number of aryl methyl sites for hydroxylation is 1. The van der Waals surface area contributed by atoms with Gasteiger partial charge in [-0.1, -0.05) is 25.8 Å². The van der Waals surface area contributed by atoms with Gasteiger partial charge in [-0.2, -0.15) is 9.78 Å². The number of likely N-dealkylation sites (tertiary alicyclic amines) is 1. The molecule has 3 aromatic heterocycles. The van der Waals surface area contributed by atoms with Crippen molar-refractivity contribution < 1.29 is 9.59 Å². The Kier molecular flexibility index (Phi) is 6.79. The minimum Gasteiger partial charge on any atom is -0.356 e. The Labute approximate surface area is 206 Å². The van der Waals surface area contributed by atoms with Crippen molar-refractivity contribution in [3.63, 3.8) is 0 Å². The van der Waals surface area contributed by atoms with Crippen LogP contribution in [0.25, 0.3) is 16.9 Å². The first-order valence-corrected chi connectivity index (χ1v) is 13.0. The number of unbranched alkanes of at least 4 members (excludes halogenated alkanes) is 2. The monoisotopic (exact) mass is 474 g/mol. The van der Waals surface area contributed by atoms with Crippen molar-refractivity contribution >= 4 is 22.8 Å². The fraction of sp³-hybridized carbons (Fsp3) is 0.519. The first-order valence-electron chi connectivity index (χ1n) is 13.0. The van der Waals surface area contributed by atoms with E-state index < -0.39 is 0 Å². The van der Waals surface area contributed by atoms with Crippen LogP contribution < -0.4 is 5.32 Å². The summed E-state index contributed by atoms with van der Waals surface area (Å²) in [6.45, 7) is 5.99. The number of nitrogens with one attached hydrogen (secondary N) is 1. The Balaban J connectivity index is 1.37. The van der Waals surface area contributed by atoms with Crippen LogP contribution in [0.1, 0.15) is 79.5 Å². The zero-order valence-corrected chi connectivity index (χ0v) is 20.7. The summed E-state index contributed by atoms with van der Waals surface area (Å²) in [5.41, 5.74) is 3.08. The maximum Gasteiger partial charge on any atom is 0.254 e. The summed E-state index contributed by atoms with van der Waals surface area (Å²) in [4.78, 5) is 37.6. The molecule has 1 N–H and O–H groups in total. The first kappa shape index (κ1) is 23.5. The minimum absolute atomic E-state index is 0.00442. The predicted octanol–water partition coefficient (Wildman–Crippen LogP) is 4.16. The number of amides is 2. The highest BCUT2D eigenvalue weighted by Crippen LogP contribution is 2.41. The molecule has 1 aliphatic heterocycles. The molecule has 2 amide bonds. The molecule has 0 unspecified atom stereocenters. The van der Waals surface area contributed by atoms with Crippen molar-refractivity contribution in [2.75, 3.05) is 19.6 Å². The van der Waals surface area contributed by atoms with Gasteiger partial charge in [-0.25, -0.2) is 9.97 Å². The zero-order chi connectivity index (χ0) is 24.4. The van der Waals surface area contributed by atoms with E-state index in [9.17, 15) is 9.59 Å². The Morgan fingerprint density at radius 1 is 1.11 bits per heavy atom. The summed E-state index contributed by atoms with van der Waals surface area (Å²) in [5.74, 6) is 1.21. The lowest BCUT2D eigenvalue weighted by Crippen LogP contribution is -2.43. The normalized spacial score (nSPS) is 16.6. The Morgan fingerprint density at radius 2 is 1.91 bits per heavy atom. The second kappa shape index (κ2) is 10.1. The third-order valence-electron chi connectivity index (χ3n) is 7.16. The molecule has 0 atom stereocenters. The minimum atomic E-state index is -0.0196. The van der Waals surface area contributed by atoms with Gasteiger partial charge in [0.05, 0.1) is 16.6 Å². The first-order chi connectivity index (χ1) is 17.1. The quantitative estimate of drug-likeness (QED) is 0.495. The van der Waals surface area contributed by atoms with Gasteiger partial charge in [-0.3, -0.25) is 9.59 Å². The Hall–Kier alpha value is -3.29. The number of aromatic nitrogens is 4. The molecule has 1 saturated heterocycles. The molecule has 8 nitrogen and oxygen atoms in total. The summed E-state index contributed by atoms with van der Waals surface area (Å²) < 4.78 is 1.75. The molecule has 35 heavy (non-hydrogen) atoms. The molecule has 2 aliphatic rings. The number of carbonyl (C=O) groups excluding carboxylic acids is 2. The highest BCUT2D eigenvalue weighted by Gasteiger charge is 2.32. The van der Waals surface area contributed by atoms with Gasteiger partial charge >= 0.3 is 0 Å². The van der Waals surface area contributed by atoms with E-state index in [0.717, 1.165) is 55.4 Å². The van der Waals surface area contributed by atoms with Gasteiger partial charge in [0.15, 0.2) is 11.5 Å². The van der Waals surface area contributed by atoms with Crippen LogP contribution in [0.2, 0.25) is 0 Å². The number of piperidine rings is 1. The summed E-state index contributed by atoms with van der Waals surface area (Å²) in [7, 11) is 0. The van der Waals surface area contributed by atoms with Gasteiger partial charge in [0.1, 0.15) is 0 Å². The van der Waals surface area contributed by atoms with Gasteiger partial charge in [0, 0.05) is 43.4 Å². The smallest absolute Gasteiger partial charge is 0.254 e. The summed E-state index contributed by atoms with van der Waals surface area (Å²) >= 11 is 0. The third-order valence-corrected chi connectivity index (χ3v) is 7.16. The molecule has 8 heteroatoms. The van der Waals surface area contributed by atoms with Gasteiger partial charge in [0.25, 0.3) is 5.91 Å². The van der Waals surface area contributed by atoms with Crippen LogP contribution in [0.3, 0.4) is 0 Å². The number of carbonyl (C=O) groups is 2. The molecule has 1 aliphatic carbocycles. The molecule has 2 fully saturated rings. The van der Waals surface area contributed by atoms with E-state index >= 15 is 0 Å². The standard InChI is InChI=1S/C27H34N6O2/c1-3-4-6-14-29-26(34)20-11-15-32(16-12-20)27(35)21-17-22(19-9-10-19)30-25-24(21)18(2)31-33(25)23-8-5-7-13-28-23/h5,7-8,13,17,19-20H,3-4,6,9-12,14-16H2,1-2H3,(H,29,34). The molecule has 4 heterocycles. The maximum absolute atomic E-state index is 13.8. The number of hydrogen-bond donors (Lipinski definition) is 1. The molecule has 0 bridgehead atoms. The molecule has 3 aromatic rings. The fourth-order valence-electron chi connectivity index (χ4n) is 4.95. The number of pyridine rings is 2. The molecule has 1 saturated carbocycles. The fourth-order valence-corrected chi connectivity index (χ4v) is 4.95. The lowest BCUT2D eigenvalue weighted by Gasteiger charge is -2.31. The molecule has 0 aromatic carbocycles. The summed E-state index contributed by atoms with van der Waals surface area (Å²) in [5, 5.41) is 8.58.